The number of nitrogens with zero attached hydrogens (tertiary/aromatic N) is 2. The van der Waals surface area contributed by atoms with Gasteiger partial charge in [0.15, 0.2) is 0 Å². The molecule has 0 aromatic carbocycles. The monoisotopic (exact) mass is 273 g/mol. The molecule has 1 aromatic rings. The lowest BCUT2D eigenvalue weighted by Crippen LogP contribution is -2.41. The van der Waals surface area contributed by atoms with Crippen LogP contribution >= 0.6 is 0 Å². The van der Waals surface area contributed by atoms with Gasteiger partial charge in [-0.05, 0) is 25.0 Å². The first-order valence-electron chi connectivity index (χ1n) is 6.53. The van der Waals surface area contributed by atoms with Crippen molar-refractivity contribution in [3.05, 3.63) is 23.9 Å². The molecule has 3 nitrogen and oxygen atoms in total. The molecule has 1 fully saturated rings. The number of hydrogen-bond acceptors (Lipinski definition) is 3. The van der Waals surface area contributed by atoms with Gasteiger partial charge in [0.05, 0.1) is 0 Å². The van der Waals surface area contributed by atoms with E-state index < -0.39 is 11.9 Å². The van der Waals surface area contributed by atoms with Gasteiger partial charge in [0, 0.05) is 19.1 Å². The van der Waals surface area contributed by atoms with Crippen LogP contribution in [0.5, 0.6) is 0 Å². The number of nitrogens with two attached hydrogens (primary N) is 1. The highest BCUT2D eigenvalue weighted by Crippen LogP contribution is 2.30. The van der Waals surface area contributed by atoms with E-state index >= 15 is 0 Å². The van der Waals surface area contributed by atoms with E-state index in [4.69, 9.17) is 5.73 Å². The molecule has 1 saturated heterocycles. The Labute approximate surface area is 110 Å². The van der Waals surface area contributed by atoms with Crippen molar-refractivity contribution in [1.82, 2.24) is 4.98 Å². The smallest absolute Gasteiger partial charge is 0.352 e. The number of alkyl halides is 3. The Kier molecular flexibility index (Phi) is 4.29. The van der Waals surface area contributed by atoms with Gasteiger partial charge in [-0.1, -0.05) is 18.9 Å². The Bertz CT molecular complexity index is 420. The Hall–Kier alpha value is -1.30. The van der Waals surface area contributed by atoms with Gasteiger partial charge < -0.3 is 10.6 Å². The second kappa shape index (κ2) is 5.77. The number of rotatable bonds is 2. The Morgan fingerprint density at radius 1 is 1.26 bits per heavy atom. The molecule has 1 aliphatic heterocycles. The fourth-order valence-electron chi connectivity index (χ4n) is 2.47. The number of aromatic nitrogens is 1. The van der Waals surface area contributed by atoms with E-state index in [0.717, 1.165) is 38.3 Å². The third-order valence-electron chi connectivity index (χ3n) is 3.47. The maximum absolute atomic E-state index is 12.7. The van der Waals surface area contributed by atoms with Crippen molar-refractivity contribution >= 4 is 5.82 Å². The second-order valence-corrected chi connectivity index (χ2v) is 4.81. The predicted octanol–water partition coefficient (Wildman–Crippen LogP) is 2.81. The number of pyridine rings is 1. The average molecular weight is 273 g/mol. The summed E-state index contributed by atoms with van der Waals surface area (Å²) in [6.45, 7) is 1.16. The summed E-state index contributed by atoms with van der Waals surface area (Å²) < 4.78 is 38.1. The number of anilines is 1. The van der Waals surface area contributed by atoms with Crippen LogP contribution in [0.4, 0.5) is 19.0 Å². The Morgan fingerprint density at radius 2 is 2.05 bits per heavy atom. The van der Waals surface area contributed by atoms with Gasteiger partial charge in [0.2, 0.25) is 0 Å². The van der Waals surface area contributed by atoms with E-state index in [0.29, 0.717) is 12.4 Å². The fourth-order valence-corrected chi connectivity index (χ4v) is 2.47. The van der Waals surface area contributed by atoms with Gasteiger partial charge in [-0.25, -0.2) is 4.98 Å². The maximum atomic E-state index is 12.7. The fraction of sp³-hybridized carbons (Fsp3) is 0.615. The SMILES string of the molecule is NCC1CCCCCN1c1cccc(C(F)(F)F)n1. The van der Waals surface area contributed by atoms with Crippen molar-refractivity contribution in [3.63, 3.8) is 0 Å². The van der Waals surface area contributed by atoms with E-state index in [9.17, 15) is 13.2 Å². The zero-order chi connectivity index (χ0) is 13.9. The van der Waals surface area contributed by atoms with E-state index in [1.165, 1.54) is 6.07 Å². The van der Waals surface area contributed by atoms with E-state index in [1.54, 1.807) is 6.07 Å². The molecule has 1 atom stereocenters. The molecule has 0 bridgehead atoms. The maximum Gasteiger partial charge on any atom is 0.433 e. The molecule has 0 saturated carbocycles. The molecule has 106 valence electrons. The van der Waals surface area contributed by atoms with Crippen molar-refractivity contribution in [2.45, 2.75) is 37.9 Å². The summed E-state index contributed by atoms with van der Waals surface area (Å²) in [6.07, 6.45) is -0.369. The summed E-state index contributed by atoms with van der Waals surface area (Å²) in [6, 6.07) is 4.12. The quantitative estimate of drug-likeness (QED) is 0.901. The standard InChI is InChI=1S/C13H18F3N3/c14-13(15,16)11-6-4-7-12(18-11)19-8-3-1-2-5-10(19)9-17/h4,6-7,10H,1-3,5,8-9,17H2. The molecule has 0 aliphatic carbocycles. The molecule has 0 amide bonds. The highest BCUT2D eigenvalue weighted by molar-refractivity contribution is 5.41. The molecule has 0 radical (unpaired) electrons. The molecule has 19 heavy (non-hydrogen) atoms. The van der Waals surface area contributed by atoms with Gasteiger partial charge in [-0.3, -0.25) is 0 Å². The first-order valence-corrected chi connectivity index (χ1v) is 6.53. The third-order valence-corrected chi connectivity index (χ3v) is 3.47. The lowest BCUT2D eigenvalue weighted by molar-refractivity contribution is -0.141. The molecule has 2 rings (SSSR count). The summed E-state index contributed by atoms with van der Waals surface area (Å²) in [7, 11) is 0. The Balaban J connectivity index is 2.28. The number of hydrogen-bond donors (Lipinski definition) is 1. The van der Waals surface area contributed by atoms with Crippen LogP contribution in [0.3, 0.4) is 0 Å². The Morgan fingerprint density at radius 3 is 2.74 bits per heavy atom. The first kappa shape index (κ1) is 14.1. The van der Waals surface area contributed by atoms with E-state index in [1.807, 2.05) is 4.90 Å². The van der Waals surface area contributed by atoms with Crippen LogP contribution in [0.15, 0.2) is 18.2 Å². The van der Waals surface area contributed by atoms with Gasteiger partial charge in [0.1, 0.15) is 11.5 Å². The van der Waals surface area contributed by atoms with Crippen LogP contribution in [0.25, 0.3) is 0 Å². The molecule has 1 unspecified atom stereocenters. The van der Waals surface area contributed by atoms with Crippen molar-refractivity contribution in [2.24, 2.45) is 5.73 Å². The van der Waals surface area contributed by atoms with Crippen molar-refractivity contribution in [2.75, 3.05) is 18.0 Å². The average Bonchev–Trinajstić information content (AvgIpc) is 2.62. The van der Waals surface area contributed by atoms with Crippen LogP contribution < -0.4 is 10.6 Å². The second-order valence-electron chi connectivity index (χ2n) is 4.81. The highest BCUT2D eigenvalue weighted by atomic mass is 19.4. The van der Waals surface area contributed by atoms with E-state index in [-0.39, 0.29) is 6.04 Å². The van der Waals surface area contributed by atoms with Crippen LogP contribution in [0.1, 0.15) is 31.4 Å². The molecule has 2 heterocycles. The molecular weight excluding hydrogens is 255 g/mol. The van der Waals surface area contributed by atoms with Crippen molar-refractivity contribution < 1.29 is 13.2 Å². The van der Waals surface area contributed by atoms with Crippen molar-refractivity contribution in [1.29, 1.82) is 0 Å². The molecule has 1 aliphatic rings. The van der Waals surface area contributed by atoms with Gasteiger partial charge >= 0.3 is 6.18 Å². The normalized spacial score (nSPS) is 21.3. The number of halogens is 3. The minimum Gasteiger partial charge on any atom is -0.352 e. The lowest BCUT2D eigenvalue weighted by Gasteiger charge is -2.30. The van der Waals surface area contributed by atoms with Crippen LogP contribution in [-0.4, -0.2) is 24.1 Å². The summed E-state index contributed by atoms with van der Waals surface area (Å²) >= 11 is 0. The predicted molar refractivity (Wildman–Crippen MR) is 67.9 cm³/mol. The molecular formula is C13H18F3N3. The highest BCUT2D eigenvalue weighted by Gasteiger charge is 2.33. The summed E-state index contributed by atoms with van der Waals surface area (Å²) in [4.78, 5) is 5.67. The van der Waals surface area contributed by atoms with Crippen LogP contribution in [-0.2, 0) is 6.18 Å². The molecule has 1 aromatic heterocycles. The van der Waals surface area contributed by atoms with Gasteiger partial charge in [-0.2, -0.15) is 13.2 Å². The first-order chi connectivity index (χ1) is 9.02. The molecule has 6 heteroatoms. The molecule has 2 N–H and O–H groups in total. The molecule has 0 spiro atoms. The van der Waals surface area contributed by atoms with Crippen LogP contribution in [0.2, 0.25) is 0 Å². The lowest BCUT2D eigenvalue weighted by atomic mass is 10.1. The third kappa shape index (κ3) is 3.37. The van der Waals surface area contributed by atoms with Crippen LogP contribution in [0, 0.1) is 0 Å². The topological polar surface area (TPSA) is 42.1 Å². The zero-order valence-corrected chi connectivity index (χ0v) is 10.7. The van der Waals surface area contributed by atoms with E-state index in [2.05, 4.69) is 4.98 Å². The zero-order valence-electron chi connectivity index (χ0n) is 10.7. The largest absolute Gasteiger partial charge is 0.433 e. The minimum atomic E-state index is -4.40. The van der Waals surface area contributed by atoms with Gasteiger partial charge in [-0.15, -0.1) is 0 Å². The van der Waals surface area contributed by atoms with Crippen molar-refractivity contribution in [3.8, 4) is 0 Å². The summed E-state index contributed by atoms with van der Waals surface area (Å²) in [5, 5.41) is 0. The summed E-state index contributed by atoms with van der Waals surface area (Å²) in [5.41, 5.74) is 4.89. The van der Waals surface area contributed by atoms with Gasteiger partial charge in [0.25, 0.3) is 0 Å². The summed E-state index contributed by atoms with van der Waals surface area (Å²) in [5.74, 6) is 0.382. The minimum absolute atomic E-state index is 0.0819.